The number of carbonyl (C=O) groups excluding carboxylic acids is 1. The van der Waals surface area contributed by atoms with E-state index in [-0.39, 0.29) is 5.91 Å². The highest BCUT2D eigenvalue weighted by Gasteiger charge is 2.35. The average molecular weight is 321 g/mol. The molecule has 1 N–H and O–H groups in total. The molecule has 0 bridgehead atoms. The van der Waals surface area contributed by atoms with Gasteiger partial charge in [-0.3, -0.25) is 4.79 Å². The molecule has 3 heterocycles. The van der Waals surface area contributed by atoms with E-state index in [0.29, 0.717) is 17.8 Å². The first kappa shape index (κ1) is 14.8. The molecular weight excluding hydrogens is 302 g/mol. The SMILES string of the molecule is Cc1ccnc2c(C(=O)NC3(C)CCOc4ccccc43)ccn12. The zero-order chi connectivity index (χ0) is 16.7. The van der Waals surface area contributed by atoms with Gasteiger partial charge in [0.25, 0.3) is 5.91 Å². The lowest BCUT2D eigenvalue weighted by Gasteiger charge is -2.36. The van der Waals surface area contributed by atoms with Gasteiger partial charge < -0.3 is 14.5 Å². The number of ether oxygens (including phenoxy) is 1. The Hall–Kier alpha value is -2.82. The van der Waals surface area contributed by atoms with E-state index < -0.39 is 5.54 Å². The molecule has 0 aliphatic carbocycles. The zero-order valence-electron chi connectivity index (χ0n) is 13.7. The number of aromatic nitrogens is 2. The molecule has 24 heavy (non-hydrogen) atoms. The van der Waals surface area contributed by atoms with Crippen LogP contribution < -0.4 is 10.1 Å². The lowest BCUT2D eigenvalue weighted by molar-refractivity contribution is 0.0875. The minimum atomic E-state index is -0.454. The van der Waals surface area contributed by atoms with Gasteiger partial charge in [0.1, 0.15) is 11.4 Å². The summed E-state index contributed by atoms with van der Waals surface area (Å²) in [6.07, 6.45) is 4.34. The van der Waals surface area contributed by atoms with Crippen LogP contribution >= 0.6 is 0 Å². The fourth-order valence-electron chi connectivity index (χ4n) is 3.31. The molecule has 1 atom stereocenters. The second-order valence-corrected chi connectivity index (χ2v) is 6.39. The standard InChI is InChI=1S/C19H19N3O2/c1-13-7-10-20-17-14(8-11-22(13)17)18(23)21-19(2)9-12-24-16-6-4-3-5-15(16)19/h3-8,10-11H,9,12H2,1-2H3,(H,21,23). The van der Waals surface area contributed by atoms with Crippen molar-refractivity contribution in [2.24, 2.45) is 0 Å². The maximum Gasteiger partial charge on any atom is 0.255 e. The van der Waals surface area contributed by atoms with Gasteiger partial charge in [-0.1, -0.05) is 18.2 Å². The highest BCUT2D eigenvalue weighted by molar-refractivity contribution is 6.00. The quantitative estimate of drug-likeness (QED) is 0.789. The van der Waals surface area contributed by atoms with Crippen molar-refractivity contribution in [1.29, 1.82) is 0 Å². The number of para-hydroxylation sites is 1. The summed E-state index contributed by atoms with van der Waals surface area (Å²) in [5.74, 6) is 0.720. The number of rotatable bonds is 2. The monoisotopic (exact) mass is 321 g/mol. The average Bonchev–Trinajstić information content (AvgIpc) is 3.01. The van der Waals surface area contributed by atoms with Crippen LogP contribution in [0.5, 0.6) is 5.75 Å². The number of hydrogen-bond acceptors (Lipinski definition) is 3. The number of nitrogens with one attached hydrogen (secondary N) is 1. The van der Waals surface area contributed by atoms with Crippen molar-refractivity contribution in [3.8, 4) is 5.75 Å². The summed E-state index contributed by atoms with van der Waals surface area (Å²) >= 11 is 0. The largest absolute Gasteiger partial charge is 0.493 e. The van der Waals surface area contributed by atoms with Crippen LogP contribution in [-0.2, 0) is 5.54 Å². The first-order valence-electron chi connectivity index (χ1n) is 8.06. The van der Waals surface area contributed by atoms with Crippen LogP contribution in [0.3, 0.4) is 0 Å². The summed E-state index contributed by atoms with van der Waals surface area (Å²) in [7, 11) is 0. The van der Waals surface area contributed by atoms with Gasteiger partial charge in [-0.05, 0) is 32.0 Å². The molecule has 2 aromatic heterocycles. The van der Waals surface area contributed by atoms with Crippen LogP contribution in [0.15, 0.2) is 48.8 Å². The molecule has 0 fully saturated rings. The van der Waals surface area contributed by atoms with E-state index >= 15 is 0 Å². The molecule has 4 rings (SSSR count). The van der Waals surface area contributed by atoms with Crippen LogP contribution in [0.2, 0.25) is 0 Å². The van der Waals surface area contributed by atoms with E-state index in [4.69, 9.17) is 4.74 Å². The number of amides is 1. The minimum Gasteiger partial charge on any atom is -0.493 e. The van der Waals surface area contributed by atoms with Gasteiger partial charge in [-0.25, -0.2) is 4.98 Å². The topological polar surface area (TPSA) is 55.6 Å². The molecule has 1 aliphatic heterocycles. The lowest BCUT2D eigenvalue weighted by atomic mass is 9.86. The third-order valence-corrected chi connectivity index (χ3v) is 4.73. The summed E-state index contributed by atoms with van der Waals surface area (Å²) in [4.78, 5) is 17.3. The Balaban J connectivity index is 1.70. The predicted octanol–water partition coefficient (Wildman–Crippen LogP) is 3.07. The van der Waals surface area contributed by atoms with Crippen LogP contribution in [0.1, 0.15) is 35.0 Å². The van der Waals surface area contributed by atoms with E-state index in [9.17, 15) is 4.79 Å². The number of carbonyl (C=O) groups is 1. The van der Waals surface area contributed by atoms with Gasteiger partial charge >= 0.3 is 0 Å². The van der Waals surface area contributed by atoms with Crippen LogP contribution in [0, 0.1) is 6.92 Å². The number of fused-ring (bicyclic) bond motifs is 2. The second kappa shape index (κ2) is 5.37. The van der Waals surface area contributed by atoms with E-state index in [1.807, 2.05) is 60.8 Å². The van der Waals surface area contributed by atoms with Crippen LogP contribution in [-0.4, -0.2) is 21.9 Å². The third-order valence-electron chi connectivity index (χ3n) is 4.73. The van der Waals surface area contributed by atoms with Gasteiger partial charge in [0.2, 0.25) is 0 Å². The molecule has 0 saturated heterocycles. The summed E-state index contributed by atoms with van der Waals surface area (Å²) in [6.45, 7) is 4.62. The highest BCUT2D eigenvalue weighted by Crippen LogP contribution is 2.36. The van der Waals surface area contributed by atoms with Crippen molar-refractivity contribution in [3.05, 3.63) is 65.6 Å². The van der Waals surface area contributed by atoms with E-state index in [2.05, 4.69) is 10.3 Å². The van der Waals surface area contributed by atoms with Crippen molar-refractivity contribution in [1.82, 2.24) is 14.7 Å². The zero-order valence-corrected chi connectivity index (χ0v) is 13.7. The Morgan fingerprint density at radius 3 is 3.00 bits per heavy atom. The molecule has 1 aliphatic rings. The Kier molecular flexibility index (Phi) is 3.30. The minimum absolute atomic E-state index is 0.116. The highest BCUT2D eigenvalue weighted by atomic mass is 16.5. The summed E-state index contributed by atoms with van der Waals surface area (Å²) < 4.78 is 7.64. The maximum atomic E-state index is 12.9. The number of benzene rings is 1. The van der Waals surface area contributed by atoms with Gasteiger partial charge in [0.15, 0.2) is 0 Å². The summed E-state index contributed by atoms with van der Waals surface area (Å²) in [5.41, 5.74) is 2.86. The van der Waals surface area contributed by atoms with Crippen molar-refractivity contribution in [3.63, 3.8) is 0 Å². The smallest absolute Gasteiger partial charge is 0.255 e. The third kappa shape index (κ3) is 2.24. The molecule has 1 amide bonds. The van der Waals surface area contributed by atoms with E-state index in [1.54, 1.807) is 6.20 Å². The number of aryl methyl sites for hydroxylation is 1. The molecule has 0 radical (unpaired) electrons. The first-order valence-corrected chi connectivity index (χ1v) is 8.06. The fraction of sp³-hybridized carbons (Fsp3) is 0.263. The van der Waals surface area contributed by atoms with Crippen molar-refractivity contribution in [2.75, 3.05) is 6.61 Å². The fourth-order valence-corrected chi connectivity index (χ4v) is 3.31. The molecule has 0 spiro atoms. The van der Waals surface area contributed by atoms with E-state index in [1.165, 1.54) is 0 Å². The van der Waals surface area contributed by atoms with Crippen LogP contribution in [0.4, 0.5) is 0 Å². The summed E-state index contributed by atoms with van der Waals surface area (Å²) in [6, 6.07) is 11.6. The molecule has 1 aromatic carbocycles. The van der Waals surface area contributed by atoms with Gasteiger partial charge in [-0.2, -0.15) is 0 Å². The number of nitrogens with zero attached hydrogens (tertiary/aromatic N) is 2. The van der Waals surface area contributed by atoms with Crippen molar-refractivity contribution >= 4 is 11.6 Å². The normalized spacial score (nSPS) is 19.6. The van der Waals surface area contributed by atoms with Gasteiger partial charge in [0, 0.05) is 30.1 Å². The molecule has 3 aromatic rings. The van der Waals surface area contributed by atoms with Gasteiger partial charge in [-0.15, -0.1) is 0 Å². The molecule has 5 heteroatoms. The molecule has 0 saturated carbocycles. The van der Waals surface area contributed by atoms with Crippen LogP contribution in [0.25, 0.3) is 5.65 Å². The van der Waals surface area contributed by atoms with Crippen molar-refractivity contribution < 1.29 is 9.53 Å². The maximum absolute atomic E-state index is 12.9. The molecule has 5 nitrogen and oxygen atoms in total. The Morgan fingerprint density at radius 2 is 2.12 bits per heavy atom. The summed E-state index contributed by atoms with van der Waals surface area (Å²) in [5, 5.41) is 3.19. The lowest BCUT2D eigenvalue weighted by Crippen LogP contribution is -2.46. The molecular formula is C19H19N3O2. The van der Waals surface area contributed by atoms with E-state index in [0.717, 1.165) is 23.4 Å². The first-order chi connectivity index (χ1) is 11.6. The Bertz CT molecular complexity index is 931. The molecule has 122 valence electrons. The molecule has 1 unspecified atom stereocenters. The Labute approximate surface area is 140 Å². The number of hydrogen-bond donors (Lipinski definition) is 1. The van der Waals surface area contributed by atoms with Gasteiger partial charge in [0.05, 0.1) is 17.7 Å². The second-order valence-electron chi connectivity index (χ2n) is 6.39. The Morgan fingerprint density at radius 1 is 1.29 bits per heavy atom. The predicted molar refractivity (Wildman–Crippen MR) is 91.3 cm³/mol. The van der Waals surface area contributed by atoms with Crippen molar-refractivity contribution in [2.45, 2.75) is 25.8 Å².